The molecule has 0 heterocycles. The zero-order valence-electron chi connectivity index (χ0n) is 10.6. The van der Waals surface area contributed by atoms with Crippen molar-refractivity contribution in [2.45, 2.75) is 33.1 Å². The normalized spacial score (nSPS) is 40.1. The van der Waals surface area contributed by atoms with Gasteiger partial charge in [0.2, 0.25) is 0 Å². The lowest BCUT2D eigenvalue weighted by Crippen LogP contribution is -2.46. The Kier molecular flexibility index (Phi) is 3.11. The predicted octanol–water partition coefficient (Wildman–Crippen LogP) is 2.36. The first-order chi connectivity index (χ1) is 8.07. The lowest BCUT2D eigenvalue weighted by atomic mass is 9.68. The number of ether oxygens (including phenoxy) is 1. The average Bonchev–Trinajstić information content (AvgIpc) is 2.50. The quantitative estimate of drug-likeness (QED) is 0.429. The molecule has 0 amide bonds. The molecule has 94 valence electrons. The van der Waals surface area contributed by atoms with Gasteiger partial charge in [-0.2, -0.15) is 0 Å². The van der Waals surface area contributed by atoms with Gasteiger partial charge in [0.1, 0.15) is 5.41 Å². The predicted molar refractivity (Wildman–Crippen MR) is 64.3 cm³/mol. The summed E-state index contributed by atoms with van der Waals surface area (Å²) in [5.74, 6) is 0.138. The summed E-state index contributed by atoms with van der Waals surface area (Å²) < 4.78 is 5.13. The maximum Gasteiger partial charge on any atom is 0.320 e. The Labute approximate surface area is 102 Å². The molecule has 2 aliphatic carbocycles. The molecule has 0 aromatic carbocycles. The van der Waals surface area contributed by atoms with Crippen molar-refractivity contribution >= 4 is 11.8 Å². The van der Waals surface area contributed by atoms with Crippen molar-refractivity contribution in [2.75, 3.05) is 6.61 Å². The molecule has 0 aromatic heterocycles. The summed E-state index contributed by atoms with van der Waals surface area (Å²) in [6.07, 6.45) is 4.09. The molecule has 0 aliphatic heterocycles. The van der Waals surface area contributed by atoms with E-state index in [0.717, 1.165) is 12.8 Å². The highest BCUT2D eigenvalue weighted by atomic mass is 16.5. The first kappa shape index (κ1) is 12.3. The third kappa shape index (κ3) is 1.55. The Morgan fingerprint density at radius 3 is 2.94 bits per heavy atom. The molecule has 0 unspecified atom stereocenters. The summed E-state index contributed by atoms with van der Waals surface area (Å²) in [5.41, 5.74) is -0.908. The van der Waals surface area contributed by atoms with E-state index in [2.05, 4.69) is 13.5 Å². The number of hydrogen-bond acceptors (Lipinski definition) is 3. The number of carbonyl (C=O) groups excluding carboxylic acids is 2. The van der Waals surface area contributed by atoms with Crippen LogP contribution in [0.1, 0.15) is 33.1 Å². The molecule has 0 spiro atoms. The fraction of sp³-hybridized carbons (Fsp3) is 0.714. The van der Waals surface area contributed by atoms with E-state index in [1.165, 1.54) is 0 Å². The van der Waals surface area contributed by atoms with Gasteiger partial charge in [0.15, 0.2) is 5.78 Å². The van der Waals surface area contributed by atoms with Crippen LogP contribution in [-0.4, -0.2) is 18.4 Å². The minimum Gasteiger partial charge on any atom is -0.465 e. The van der Waals surface area contributed by atoms with Gasteiger partial charge in [-0.1, -0.05) is 13.0 Å². The molecular weight excluding hydrogens is 216 g/mol. The first-order valence-electron chi connectivity index (χ1n) is 6.42. The number of esters is 1. The number of ketones is 1. The standard InChI is InChI=1S/C14H20O3/c1-4-10-8-11-9(3)6-7-14(10,12(11)15)13(16)17-5-2/h4,9-11H,1,5-8H2,2-3H3/t9-,10+,11-,14-/m1/s1. The fourth-order valence-corrected chi connectivity index (χ4v) is 3.46. The van der Waals surface area contributed by atoms with Crippen LogP contribution >= 0.6 is 0 Å². The molecule has 2 aliphatic rings. The van der Waals surface area contributed by atoms with Gasteiger partial charge in [-0.15, -0.1) is 6.58 Å². The highest BCUT2D eigenvalue weighted by molar-refractivity contribution is 6.07. The van der Waals surface area contributed by atoms with E-state index >= 15 is 0 Å². The second-order valence-corrected chi connectivity index (χ2v) is 5.26. The van der Waals surface area contributed by atoms with Crippen LogP contribution in [0, 0.1) is 23.2 Å². The van der Waals surface area contributed by atoms with Crippen LogP contribution in [0.3, 0.4) is 0 Å². The summed E-state index contributed by atoms with van der Waals surface area (Å²) in [5, 5.41) is 0. The molecule has 3 heteroatoms. The van der Waals surface area contributed by atoms with Gasteiger partial charge >= 0.3 is 5.97 Å². The van der Waals surface area contributed by atoms with Crippen LogP contribution in [0.2, 0.25) is 0 Å². The topological polar surface area (TPSA) is 43.4 Å². The minimum absolute atomic E-state index is 0.0242. The molecule has 17 heavy (non-hydrogen) atoms. The molecule has 2 rings (SSSR count). The van der Waals surface area contributed by atoms with Crippen LogP contribution < -0.4 is 0 Å². The summed E-state index contributed by atoms with van der Waals surface area (Å²) in [4.78, 5) is 24.6. The van der Waals surface area contributed by atoms with Gasteiger partial charge in [0, 0.05) is 11.8 Å². The lowest BCUT2D eigenvalue weighted by Gasteiger charge is -2.34. The van der Waals surface area contributed by atoms with Crippen LogP contribution in [0.4, 0.5) is 0 Å². The highest BCUT2D eigenvalue weighted by Gasteiger charge is 2.62. The van der Waals surface area contributed by atoms with Crippen molar-refractivity contribution in [1.82, 2.24) is 0 Å². The van der Waals surface area contributed by atoms with Crippen molar-refractivity contribution in [3.05, 3.63) is 12.7 Å². The molecule has 4 atom stereocenters. The SMILES string of the molecule is C=C[C@H]1C[C@H]2C(=O)[C@@]1(C(=O)OCC)CC[C@H]2C. The van der Waals surface area contributed by atoms with Crippen molar-refractivity contribution in [1.29, 1.82) is 0 Å². The van der Waals surface area contributed by atoms with Crippen molar-refractivity contribution in [2.24, 2.45) is 23.2 Å². The Hall–Kier alpha value is -1.12. The van der Waals surface area contributed by atoms with Crippen molar-refractivity contribution in [3.8, 4) is 0 Å². The second kappa shape index (κ2) is 4.28. The van der Waals surface area contributed by atoms with E-state index in [1.807, 2.05) is 0 Å². The fourth-order valence-electron chi connectivity index (χ4n) is 3.46. The summed E-state index contributed by atoms with van der Waals surface area (Å²) in [6.45, 7) is 8.00. The molecular formula is C14H20O3. The summed E-state index contributed by atoms with van der Waals surface area (Å²) >= 11 is 0. The van der Waals surface area contributed by atoms with E-state index in [-0.39, 0.29) is 23.6 Å². The number of hydrogen-bond donors (Lipinski definition) is 0. The number of carbonyl (C=O) groups is 2. The summed E-state index contributed by atoms with van der Waals surface area (Å²) in [6, 6.07) is 0. The monoisotopic (exact) mass is 236 g/mol. The lowest BCUT2D eigenvalue weighted by molar-refractivity contribution is -0.163. The zero-order valence-corrected chi connectivity index (χ0v) is 10.6. The number of Topliss-reactive ketones (excluding diaryl/α,β-unsaturated/α-hetero) is 1. The third-order valence-electron chi connectivity index (χ3n) is 4.52. The summed E-state index contributed by atoms with van der Waals surface area (Å²) in [7, 11) is 0. The van der Waals surface area contributed by atoms with Gasteiger partial charge in [-0.3, -0.25) is 9.59 Å². The number of fused-ring (bicyclic) bond motifs is 2. The molecule has 2 bridgehead atoms. The van der Waals surface area contributed by atoms with Crippen molar-refractivity contribution < 1.29 is 14.3 Å². The maximum absolute atomic E-state index is 12.5. The van der Waals surface area contributed by atoms with E-state index in [0.29, 0.717) is 18.9 Å². The molecule has 0 aromatic rings. The molecule has 0 N–H and O–H groups in total. The maximum atomic E-state index is 12.5. The Morgan fingerprint density at radius 2 is 2.35 bits per heavy atom. The highest BCUT2D eigenvalue weighted by Crippen LogP contribution is 2.55. The Morgan fingerprint density at radius 1 is 1.65 bits per heavy atom. The largest absolute Gasteiger partial charge is 0.465 e. The first-order valence-corrected chi connectivity index (χ1v) is 6.42. The Balaban J connectivity index is 2.38. The molecule has 2 fully saturated rings. The van der Waals surface area contributed by atoms with Crippen LogP contribution in [0.5, 0.6) is 0 Å². The van der Waals surface area contributed by atoms with Crippen molar-refractivity contribution in [3.63, 3.8) is 0 Å². The van der Waals surface area contributed by atoms with E-state index in [1.54, 1.807) is 13.0 Å². The van der Waals surface area contributed by atoms with Gasteiger partial charge in [-0.25, -0.2) is 0 Å². The smallest absolute Gasteiger partial charge is 0.320 e. The van der Waals surface area contributed by atoms with E-state index < -0.39 is 5.41 Å². The van der Waals surface area contributed by atoms with Gasteiger partial charge in [0.25, 0.3) is 0 Å². The van der Waals surface area contributed by atoms with Crippen LogP contribution in [0.25, 0.3) is 0 Å². The molecule has 0 radical (unpaired) electrons. The minimum atomic E-state index is -0.908. The third-order valence-corrected chi connectivity index (χ3v) is 4.52. The van der Waals surface area contributed by atoms with E-state index in [4.69, 9.17) is 4.74 Å². The van der Waals surface area contributed by atoms with Gasteiger partial charge in [-0.05, 0) is 32.1 Å². The Bertz CT molecular complexity index is 360. The molecule has 2 saturated carbocycles. The zero-order chi connectivity index (χ0) is 12.6. The van der Waals surface area contributed by atoms with E-state index in [9.17, 15) is 9.59 Å². The number of allylic oxidation sites excluding steroid dienone is 1. The van der Waals surface area contributed by atoms with Gasteiger partial charge < -0.3 is 4.74 Å². The second-order valence-electron chi connectivity index (χ2n) is 5.26. The number of rotatable bonds is 3. The average molecular weight is 236 g/mol. The van der Waals surface area contributed by atoms with Gasteiger partial charge in [0.05, 0.1) is 6.61 Å². The molecule has 0 saturated heterocycles. The van der Waals surface area contributed by atoms with Crippen LogP contribution in [0.15, 0.2) is 12.7 Å². The molecule has 3 nitrogen and oxygen atoms in total. The van der Waals surface area contributed by atoms with Crippen LogP contribution in [-0.2, 0) is 14.3 Å².